The van der Waals surface area contributed by atoms with Gasteiger partial charge in [0.1, 0.15) is 11.4 Å². The van der Waals surface area contributed by atoms with Crippen LogP contribution >= 0.6 is 11.8 Å². The number of carboxylic acids is 1. The summed E-state index contributed by atoms with van der Waals surface area (Å²) >= 11 is 1.24. The normalized spacial score (nSPS) is 18.0. The molecule has 0 spiro atoms. The minimum Gasteiger partial charge on any atom is -0.480 e. The first kappa shape index (κ1) is 26.7. The lowest BCUT2D eigenvalue weighted by molar-refractivity contribution is -0.146. The molecule has 1 aliphatic heterocycles. The zero-order chi connectivity index (χ0) is 26.0. The second kappa shape index (κ2) is 10.4. The van der Waals surface area contributed by atoms with Crippen LogP contribution < -0.4 is 10.6 Å². The van der Waals surface area contributed by atoms with Crippen LogP contribution in [0.3, 0.4) is 0 Å². The number of benzene rings is 2. The number of nitrogens with one attached hydrogen (secondary N) is 2. The number of sulfonamides is 1. The molecule has 1 fully saturated rings. The van der Waals surface area contributed by atoms with Gasteiger partial charge in [0.2, 0.25) is 5.91 Å². The molecule has 3 rings (SSSR count). The highest BCUT2D eigenvalue weighted by Gasteiger charge is 2.45. The molecule has 11 heteroatoms. The Morgan fingerprint density at radius 3 is 2.23 bits per heavy atom. The number of carbonyl (C=O) groups excluding carboxylic acids is 2. The Kier molecular flexibility index (Phi) is 7.93. The van der Waals surface area contributed by atoms with Crippen LogP contribution in [0.5, 0.6) is 0 Å². The molecular formula is C24H29N3O6S2. The highest BCUT2D eigenvalue weighted by atomic mass is 32.2. The largest absolute Gasteiger partial charge is 0.480 e. The molecule has 9 nitrogen and oxygen atoms in total. The van der Waals surface area contributed by atoms with Gasteiger partial charge in [-0.15, -0.1) is 11.8 Å². The maximum Gasteiger partial charge on any atom is 0.328 e. The van der Waals surface area contributed by atoms with Crippen molar-refractivity contribution in [1.82, 2.24) is 9.62 Å². The molecule has 1 saturated heterocycles. The molecule has 2 atom stereocenters. The summed E-state index contributed by atoms with van der Waals surface area (Å²) in [6, 6.07) is 10.6. The number of anilines is 1. The zero-order valence-electron chi connectivity index (χ0n) is 19.9. The Labute approximate surface area is 209 Å². The quantitative estimate of drug-likeness (QED) is 0.485. The third-order valence-corrected chi connectivity index (χ3v) is 8.78. The van der Waals surface area contributed by atoms with E-state index in [1.165, 1.54) is 30.8 Å². The Morgan fingerprint density at radius 2 is 1.74 bits per heavy atom. The van der Waals surface area contributed by atoms with Gasteiger partial charge in [-0.1, -0.05) is 29.8 Å². The summed E-state index contributed by atoms with van der Waals surface area (Å²) in [6.07, 6.45) is -0.243. The van der Waals surface area contributed by atoms with Gasteiger partial charge in [0, 0.05) is 30.3 Å². The van der Waals surface area contributed by atoms with E-state index in [0.29, 0.717) is 21.3 Å². The summed E-state index contributed by atoms with van der Waals surface area (Å²) in [5, 5.41) is 14.9. The average molecular weight is 520 g/mol. The molecule has 0 aromatic heterocycles. The van der Waals surface area contributed by atoms with Gasteiger partial charge in [-0.05, 0) is 50.6 Å². The van der Waals surface area contributed by atoms with E-state index in [4.69, 9.17) is 0 Å². The van der Waals surface area contributed by atoms with Gasteiger partial charge < -0.3 is 10.4 Å². The Balaban J connectivity index is 2.02. The van der Waals surface area contributed by atoms with Gasteiger partial charge >= 0.3 is 5.97 Å². The number of aliphatic carboxylic acids is 1. The van der Waals surface area contributed by atoms with E-state index in [9.17, 15) is 27.9 Å². The van der Waals surface area contributed by atoms with Crippen LogP contribution in [0.25, 0.3) is 0 Å². The number of thioether (sulfide) groups is 1. The van der Waals surface area contributed by atoms with E-state index >= 15 is 0 Å². The van der Waals surface area contributed by atoms with Crippen molar-refractivity contribution in [2.45, 2.75) is 56.0 Å². The summed E-state index contributed by atoms with van der Waals surface area (Å²) < 4.78 is 27.9. The molecule has 2 aromatic carbocycles. The highest BCUT2D eigenvalue weighted by molar-refractivity contribution is 8.01. The van der Waals surface area contributed by atoms with Gasteiger partial charge in [0.25, 0.3) is 15.9 Å². The molecule has 0 unspecified atom stereocenters. The van der Waals surface area contributed by atoms with Gasteiger partial charge in [-0.2, -0.15) is 0 Å². The van der Waals surface area contributed by atoms with Crippen LogP contribution in [0.4, 0.5) is 5.69 Å². The van der Waals surface area contributed by atoms with Gasteiger partial charge in [-0.3, -0.25) is 14.9 Å². The first-order valence-corrected chi connectivity index (χ1v) is 13.4. The lowest BCUT2D eigenvalue weighted by Gasteiger charge is -2.31. The van der Waals surface area contributed by atoms with E-state index in [2.05, 4.69) is 10.6 Å². The van der Waals surface area contributed by atoms with E-state index in [0.717, 1.165) is 5.56 Å². The molecule has 2 amide bonds. The van der Waals surface area contributed by atoms with Gasteiger partial charge in [0.05, 0.1) is 4.90 Å². The van der Waals surface area contributed by atoms with E-state index < -0.39 is 38.9 Å². The van der Waals surface area contributed by atoms with Crippen molar-refractivity contribution in [1.29, 1.82) is 0 Å². The molecule has 0 radical (unpaired) electrons. The molecule has 0 saturated carbocycles. The topological polar surface area (TPSA) is 133 Å². The second-order valence-electron chi connectivity index (χ2n) is 9.11. The molecule has 0 aliphatic carbocycles. The van der Waals surface area contributed by atoms with Crippen LogP contribution in [0.2, 0.25) is 0 Å². The molecule has 1 heterocycles. The van der Waals surface area contributed by atoms with Crippen LogP contribution in [0.15, 0.2) is 53.4 Å². The number of nitrogens with zero attached hydrogens (tertiary/aromatic N) is 1. The smallest absolute Gasteiger partial charge is 0.328 e. The van der Waals surface area contributed by atoms with E-state index in [1.807, 2.05) is 13.8 Å². The molecule has 35 heavy (non-hydrogen) atoms. The predicted molar refractivity (Wildman–Crippen MR) is 135 cm³/mol. The highest BCUT2D eigenvalue weighted by Crippen LogP contribution is 2.31. The number of rotatable bonds is 8. The standard InChI is InChI=1S/C24H29N3O6S2/c1-15-5-11-19(12-6-15)35(32,33)27(22(29)21-26-24(3,4)14-34-21)20(23(30)31)13-17-7-9-18(10-8-17)25-16(2)28/h5-12,20-21,26H,13-14H2,1-4H3,(H,25,28)(H,30,31)/t20-,21-/m0/s1. The van der Waals surface area contributed by atoms with Crippen LogP contribution in [0, 0.1) is 6.92 Å². The monoisotopic (exact) mass is 519 g/mol. The van der Waals surface area contributed by atoms with Crippen molar-refractivity contribution in [2.24, 2.45) is 0 Å². The lowest BCUT2D eigenvalue weighted by Crippen LogP contribution is -2.55. The van der Waals surface area contributed by atoms with Crippen molar-refractivity contribution in [3.63, 3.8) is 0 Å². The van der Waals surface area contributed by atoms with Crippen LogP contribution in [0.1, 0.15) is 31.9 Å². The summed E-state index contributed by atoms with van der Waals surface area (Å²) in [7, 11) is -4.49. The van der Waals surface area contributed by atoms with Crippen molar-refractivity contribution in [3.8, 4) is 0 Å². The average Bonchev–Trinajstić information content (AvgIpc) is 3.14. The first-order chi connectivity index (χ1) is 16.3. The molecule has 188 valence electrons. The Bertz CT molecular complexity index is 1210. The fourth-order valence-corrected chi connectivity index (χ4v) is 6.60. The predicted octanol–water partition coefficient (Wildman–Crippen LogP) is 2.61. The minimum absolute atomic E-state index is 0.161. The molecular weight excluding hydrogens is 490 g/mol. The molecule has 0 bridgehead atoms. The number of hydrogen-bond donors (Lipinski definition) is 3. The van der Waals surface area contributed by atoms with Gasteiger partial charge in [-0.25, -0.2) is 17.5 Å². The number of carboxylic acid groups (broad SMARTS) is 1. The zero-order valence-corrected chi connectivity index (χ0v) is 21.6. The van der Waals surface area contributed by atoms with E-state index in [1.54, 1.807) is 43.3 Å². The SMILES string of the molecule is CC(=O)Nc1ccc(C[C@@H](C(=O)O)N(C(=O)[C@H]2NC(C)(C)CS2)S(=O)(=O)c2ccc(C)cc2)cc1. The Morgan fingerprint density at radius 1 is 1.14 bits per heavy atom. The fourth-order valence-electron chi connectivity index (χ4n) is 3.66. The second-order valence-corrected chi connectivity index (χ2v) is 12.0. The summed E-state index contributed by atoms with van der Waals surface area (Å²) in [5.74, 6) is -1.97. The minimum atomic E-state index is -4.49. The van der Waals surface area contributed by atoms with Crippen molar-refractivity contribution >= 4 is 45.3 Å². The number of amides is 2. The van der Waals surface area contributed by atoms with Crippen molar-refractivity contribution in [2.75, 3.05) is 11.1 Å². The van der Waals surface area contributed by atoms with Crippen LogP contribution in [-0.4, -0.2) is 58.3 Å². The molecule has 3 N–H and O–H groups in total. The summed E-state index contributed by atoms with van der Waals surface area (Å²) in [5.41, 5.74) is 1.42. The molecule has 2 aromatic rings. The van der Waals surface area contributed by atoms with E-state index in [-0.39, 0.29) is 17.2 Å². The summed E-state index contributed by atoms with van der Waals surface area (Å²) in [6.45, 7) is 6.93. The first-order valence-electron chi connectivity index (χ1n) is 10.9. The van der Waals surface area contributed by atoms with Gasteiger partial charge in [0.15, 0.2) is 0 Å². The number of aryl methyl sites for hydroxylation is 1. The van der Waals surface area contributed by atoms with Crippen molar-refractivity contribution in [3.05, 3.63) is 59.7 Å². The number of hydrogen-bond acceptors (Lipinski definition) is 7. The third-order valence-electron chi connectivity index (χ3n) is 5.42. The maximum absolute atomic E-state index is 13.7. The van der Waals surface area contributed by atoms with Crippen molar-refractivity contribution < 1.29 is 27.9 Å². The molecule has 1 aliphatic rings. The maximum atomic E-state index is 13.7. The van der Waals surface area contributed by atoms with Crippen LogP contribution in [-0.2, 0) is 30.8 Å². The third kappa shape index (κ3) is 6.41. The number of carbonyl (C=O) groups is 3. The lowest BCUT2D eigenvalue weighted by atomic mass is 10.1. The Hall–Kier alpha value is -2.89. The summed E-state index contributed by atoms with van der Waals surface area (Å²) in [4.78, 5) is 37.1. The fraction of sp³-hybridized carbons (Fsp3) is 0.375.